The Morgan fingerprint density at radius 3 is 2.65 bits per heavy atom. The van der Waals surface area contributed by atoms with Gasteiger partial charge >= 0.3 is 0 Å². The SMILES string of the molecule is CCC(C1CCCCC1)n1c(N)nc2c(C)nn(C)c21. The summed E-state index contributed by atoms with van der Waals surface area (Å²) in [6.07, 6.45) is 7.81. The minimum atomic E-state index is 0.454. The van der Waals surface area contributed by atoms with Crippen LogP contribution in [-0.4, -0.2) is 19.3 Å². The number of imidazole rings is 1. The lowest BCUT2D eigenvalue weighted by Crippen LogP contribution is -2.23. The van der Waals surface area contributed by atoms with Crippen molar-refractivity contribution in [2.75, 3.05) is 5.73 Å². The van der Waals surface area contributed by atoms with Gasteiger partial charge in [0, 0.05) is 13.1 Å². The number of rotatable bonds is 3. The molecule has 5 heteroatoms. The summed E-state index contributed by atoms with van der Waals surface area (Å²) in [5, 5.41) is 4.49. The zero-order chi connectivity index (χ0) is 14.3. The van der Waals surface area contributed by atoms with Gasteiger partial charge in [-0.25, -0.2) is 4.98 Å². The van der Waals surface area contributed by atoms with Gasteiger partial charge in [-0.1, -0.05) is 26.2 Å². The van der Waals surface area contributed by atoms with Gasteiger partial charge < -0.3 is 5.73 Å². The molecular formula is C15H25N5. The lowest BCUT2D eigenvalue weighted by molar-refractivity contribution is 0.247. The molecule has 20 heavy (non-hydrogen) atoms. The molecule has 0 saturated heterocycles. The minimum absolute atomic E-state index is 0.454. The van der Waals surface area contributed by atoms with E-state index < -0.39 is 0 Å². The summed E-state index contributed by atoms with van der Waals surface area (Å²) in [4.78, 5) is 4.55. The first-order valence-electron chi connectivity index (χ1n) is 7.80. The molecule has 0 amide bonds. The molecule has 0 spiro atoms. The van der Waals surface area contributed by atoms with Gasteiger partial charge in [-0.05, 0) is 32.1 Å². The van der Waals surface area contributed by atoms with Gasteiger partial charge in [0.1, 0.15) is 5.52 Å². The van der Waals surface area contributed by atoms with Crippen LogP contribution < -0.4 is 5.73 Å². The summed E-state index contributed by atoms with van der Waals surface area (Å²) in [7, 11) is 1.99. The Labute approximate surface area is 120 Å². The van der Waals surface area contributed by atoms with Crippen LogP contribution in [0.5, 0.6) is 0 Å². The maximum Gasteiger partial charge on any atom is 0.202 e. The van der Waals surface area contributed by atoms with E-state index >= 15 is 0 Å². The van der Waals surface area contributed by atoms with Crippen LogP contribution in [0, 0.1) is 12.8 Å². The van der Waals surface area contributed by atoms with Crippen LogP contribution in [0.3, 0.4) is 0 Å². The minimum Gasteiger partial charge on any atom is -0.369 e. The molecule has 1 atom stereocenters. The van der Waals surface area contributed by atoms with E-state index in [2.05, 4.69) is 21.6 Å². The number of aryl methyl sites for hydroxylation is 2. The largest absolute Gasteiger partial charge is 0.369 e. The van der Waals surface area contributed by atoms with Crippen LogP contribution in [0.1, 0.15) is 57.2 Å². The van der Waals surface area contributed by atoms with Crippen molar-refractivity contribution in [2.45, 2.75) is 58.4 Å². The van der Waals surface area contributed by atoms with Gasteiger partial charge in [0.05, 0.1) is 5.69 Å². The van der Waals surface area contributed by atoms with Crippen molar-refractivity contribution in [3.05, 3.63) is 5.69 Å². The van der Waals surface area contributed by atoms with Gasteiger partial charge in [-0.2, -0.15) is 5.10 Å². The molecule has 1 unspecified atom stereocenters. The van der Waals surface area contributed by atoms with Gasteiger partial charge in [0.2, 0.25) is 5.95 Å². The Balaban J connectivity index is 2.08. The fraction of sp³-hybridized carbons (Fsp3) is 0.733. The summed E-state index contributed by atoms with van der Waals surface area (Å²) in [5.74, 6) is 1.37. The Hall–Kier alpha value is -1.52. The van der Waals surface area contributed by atoms with Crippen LogP contribution in [-0.2, 0) is 7.05 Å². The van der Waals surface area contributed by atoms with Gasteiger partial charge in [0.15, 0.2) is 5.65 Å². The first-order chi connectivity index (χ1) is 9.63. The molecule has 3 rings (SSSR count). The second-order valence-corrected chi connectivity index (χ2v) is 6.09. The lowest BCUT2D eigenvalue weighted by Gasteiger charge is -2.31. The zero-order valence-electron chi connectivity index (χ0n) is 12.8. The molecule has 1 fully saturated rings. The lowest BCUT2D eigenvalue weighted by atomic mass is 9.83. The van der Waals surface area contributed by atoms with E-state index in [4.69, 9.17) is 5.73 Å². The van der Waals surface area contributed by atoms with E-state index in [1.54, 1.807) is 0 Å². The number of nitrogens with two attached hydrogens (primary N) is 1. The second-order valence-electron chi connectivity index (χ2n) is 6.09. The Morgan fingerprint density at radius 2 is 2.00 bits per heavy atom. The quantitative estimate of drug-likeness (QED) is 0.935. The van der Waals surface area contributed by atoms with E-state index in [1.165, 1.54) is 32.1 Å². The van der Waals surface area contributed by atoms with E-state index in [-0.39, 0.29) is 0 Å². The van der Waals surface area contributed by atoms with E-state index in [1.807, 2.05) is 18.7 Å². The third kappa shape index (κ3) is 2.00. The topological polar surface area (TPSA) is 61.7 Å². The third-order valence-electron chi connectivity index (χ3n) is 4.81. The molecule has 2 aromatic rings. The van der Waals surface area contributed by atoms with Gasteiger partial charge in [-0.3, -0.25) is 9.25 Å². The first kappa shape index (κ1) is 13.5. The van der Waals surface area contributed by atoms with Crippen molar-refractivity contribution in [3.63, 3.8) is 0 Å². The smallest absolute Gasteiger partial charge is 0.202 e. The van der Waals surface area contributed by atoms with Crippen molar-refractivity contribution in [1.29, 1.82) is 0 Å². The van der Waals surface area contributed by atoms with E-state index in [9.17, 15) is 0 Å². The molecule has 5 nitrogen and oxygen atoms in total. The van der Waals surface area contributed by atoms with E-state index in [0.717, 1.165) is 29.2 Å². The van der Waals surface area contributed by atoms with Crippen LogP contribution in [0.2, 0.25) is 0 Å². The second kappa shape index (κ2) is 5.11. The van der Waals surface area contributed by atoms with Crippen LogP contribution in [0.25, 0.3) is 11.2 Å². The summed E-state index contributed by atoms with van der Waals surface area (Å²) in [6.45, 7) is 4.26. The maximum atomic E-state index is 6.23. The number of aromatic nitrogens is 4. The molecule has 2 heterocycles. The van der Waals surface area contributed by atoms with Gasteiger partial charge in [-0.15, -0.1) is 0 Å². The maximum absolute atomic E-state index is 6.23. The van der Waals surface area contributed by atoms with Crippen molar-refractivity contribution < 1.29 is 0 Å². The molecule has 1 aliphatic carbocycles. The predicted molar refractivity (Wildman–Crippen MR) is 81.6 cm³/mol. The Bertz CT molecular complexity index is 603. The molecule has 0 radical (unpaired) electrons. The molecule has 0 bridgehead atoms. The number of anilines is 1. The first-order valence-corrected chi connectivity index (χ1v) is 7.80. The summed E-state index contributed by atoms with van der Waals surface area (Å²) in [6, 6.07) is 0.454. The van der Waals surface area contributed by atoms with Crippen molar-refractivity contribution in [2.24, 2.45) is 13.0 Å². The highest BCUT2D eigenvalue weighted by Crippen LogP contribution is 2.38. The third-order valence-corrected chi connectivity index (χ3v) is 4.81. The average molecular weight is 275 g/mol. The monoisotopic (exact) mass is 275 g/mol. The molecule has 0 aromatic carbocycles. The number of hydrogen-bond donors (Lipinski definition) is 1. The van der Waals surface area contributed by atoms with Crippen molar-refractivity contribution in [3.8, 4) is 0 Å². The van der Waals surface area contributed by atoms with Gasteiger partial charge in [0.25, 0.3) is 0 Å². The average Bonchev–Trinajstić information content (AvgIpc) is 2.91. The fourth-order valence-electron chi connectivity index (χ4n) is 3.89. The highest BCUT2D eigenvalue weighted by Gasteiger charge is 2.28. The number of nitrogens with zero attached hydrogens (tertiary/aromatic N) is 4. The van der Waals surface area contributed by atoms with Crippen molar-refractivity contribution in [1.82, 2.24) is 19.3 Å². The molecule has 2 N–H and O–H groups in total. The predicted octanol–water partition coefficient (Wildman–Crippen LogP) is 3.19. The Kier molecular flexibility index (Phi) is 3.44. The molecule has 0 aliphatic heterocycles. The summed E-state index contributed by atoms with van der Waals surface area (Å²) in [5.41, 5.74) is 9.23. The number of fused-ring (bicyclic) bond motifs is 1. The molecule has 110 valence electrons. The molecule has 2 aromatic heterocycles. The van der Waals surface area contributed by atoms with Crippen LogP contribution in [0.15, 0.2) is 0 Å². The van der Waals surface area contributed by atoms with Crippen LogP contribution in [0.4, 0.5) is 5.95 Å². The van der Waals surface area contributed by atoms with Crippen molar-refractivity contribution >= 4 is 17.1 Å². The van der Waals surface area contributed by atoms with E-state index in [0.29, 0.717) is 12.0 Å². The Morgan fingerprint density at radius 1 is 1.30 bits per heavy atom. The fourth-order valence-corrected chi connectivity index (χ4v) is 3.89. The number of hydrogen-bond acceptors (Lipinski definition) is 3. The molecular weight excluding hydrogens is 250 g/mol. The number of nitrogen functional groups attached to an aromatic ring is 1. The standard InChI is InChI=1S/C15H25N5/c1-4-12(11-8-6-5-7-9-11)20-14-13(17-15(20)16)10(2)18-19(14)3/h11-12H,4-9H2,1-3H3,(H2,16,17). The normalized spacial score (nSPS) is 18.8. The summed E-state index contributed by atoms with van der Waals surface area (Å²) < 4.78 is 4.17. The highest BCUT2D eigenvalue weighted by atomic mass is 15.4. The summed E-state index contributed by atoms with van der Waals surface area (Å²) >= 11 is 0. The molecule has 1 saturated carbocycles. The highest BCUT2D eigenvalue weighted by molar-refractivity contribution is 5.77. The van der Waals surface area contributed by atoms with Crippen LogP contribution >= 0.6 is 0 Å². The molecule has 1 aliphatic rings. The zero-order valence-corrected chi connectivity index (χ0v) is 12.8.